The van der Waals surface area contributed by atoms with Crippen molar-refractivity contribution in [3.8, 4) is 0 Å². The Kier molecular flexibility index (Phi) is 1.84. The Labute approximate surface area is 61.0 Å². The van der Waals surface area contributed by atoms with Gasteiger partial charge in [0, 0.05) is 20.9 Å². The fraction of sp³-hybridized carbons (Fsp3) is 0. The lowest BCUT2D eigenvalue weighted by Crippen LogP contribution is -2.19. The Morgan fingerprint density at radius 2 is 2.20 bits per heavy atom. The van der Waals surface area contributed by atoms with Gasteiger partial charge >= 0.3 is 6.03 Å². The number of aromatic nitrogens is 1. The van der Waals surface area contributed by atoms with Crippen molar-refractivity contribution in [3.05, 3.63) is 24.5 Å². The van der Waals surface area contributed by atoms with Gasteiger partial charge in [0.05, 0.1) is 0 Å². The van der Waals surface area contributed by atoms with E-state index in [1.165, 1.54) is 0 Å². The first-order chi connectivity index (χ1) is 4.79. The van der Waals surface area contributed by atoms with Crippen LogP contribution in [0.5, 0.6) is 0 Å². The topological polar surface area (TPSA) is 68.0 Å². The summed E-state index contributed by atoms with van der Waals surface area (Å²) in [5, 5.41) is 2.40. The fourth-order valence-electron chi connectivity index (χ4n) is 0.578. The van der Waals surface area contributed by atoms with Gasteiger partial charge in [0.25, 0.3) is 0 Å². The number of carbonyl (C=O) groups excluding carboxylic acids is 1. The summed E-state index contributed by atoms with van der Waals surface area (Å²) < 4.78 is 0. The van der Waals surface area contributed by atoms with Crippen molar-refractivity contribution in [1.82, 2.24) is 4.98 Å². The van der Waals surface area contributed by atoms with Gasteiger partial charge in [-0.05, 0) is 12.1 Å². The second-order valence-electron chi connectivity index (χ2n) is 1.73. The van der Waals surface area contributed by atoms with E-state index < -0.39 is 6.03 Å². The minimum absolute atomic E-state index is 0. The summed E-state index contributed by atoms with van der Waals surface area (Å²) in [6.07, 6.45) is 3.15. The van der Waals surface area contributed by atoms with E-state index in [1.807, 2.05) is 0 Å². The van der Waals surface area contributed by atoms with Gasteiger partial charge in [-0.2, -0.15) is 0 Å². The summed E-state index contributed by atoms with van der Waals surface area (Å²) >= 11 is 0. The van der Waals surface area contributed by atoms with Crippen molar-refractivity contribution >= 4 is 11.7 Å². The second-order valence-corrected chi connectivity index (χ2v) is 1.73. The third-order valence-corrected chi connectivity index (χ3v) is 0.948. The molecule has 0 unspecified atom stereocenters. The molecule has 2 amide bonds. The average Bonchev–Trinajstić information content (AvgIpc) is 1.88. The van der Waals surface area contributed by atoms with Gasteiger partial charge in [0.2, 0.25) is 0 Å². The molecule has 0 saturated carbocycles. The quantitative estimate of drug-likeness (QED) is 0.614. The van der Waals surface area contributed by atoms with Crippen LogP contribution >= 0.6 is 0 Å². The van der Waals surface area contributed by atoms with Gasteiger partial charge in [-0.25, -0.2) is 4.79 Å². The van der Waals surface area contributed by atoms with Crippen LogP contribution in [-0.4, -0.2) is 11.0 Å². The molecule has 1 aromatic rings. The van der Waals surface area contributed by atoms with Crippen LogP contribution in [0, 0.1) is 0 Å². The number of amides is 2. The molecule has 0 saturated heterocycles. The van der Waals surface area contributed by atoms with Gasteiger partial charge in [-0.1, -0.05) is 0 Å². The molecule has 0 aliphatic heterocycles. The molecule has 4 nitrogen and oxygen atoms in total. The third-order valence-electron chi connectivity index (χ3n) is 0.948. The summed E-state index contributed by atoms with van der Waals surface area (Å²) in [5.41, 5.74) is 5.51. The van der Waals surface area contributed by atoms with Crippen LogP contribution in [0.4, 0.5) is 10.5 Å². The zero-order valence-corrected chi connectivity index (χ0v) is 5.24. The van der Waals surface area contributed by atoms with E-state index in [0.717, 1.165) is 0 Å². The molecule has 0 atom stereocenters. The van der Waals surface area contributed by atoms with E-state index in [0.29, 0.717) is 5.69 Å². The van der Waals surface area contributed by atoms with E-state index in [1.54, 1.807) is 24.5 Å². The molecule has 10 heavy (non-hydrogen) atoms. The minimum Gasteiger partial charge on any atom is -0.351 e. The first-order valence-corrected chi connectivity index (χ1v) is 2.75. The molecule has 0 aliphatic carbocycles. The monoisotopic (exact) mass is 141 g/mol. The van der Waals surface area contributed by atoms with Gasteiger partial charge in [0.15, 0.2) is 0 Å². The van der Waals surface area contributed by atoms with Crippen molar-refractivity contribution in [2.45, 2.75) is 0 Å². The molecule has 0 radical (unpaired) electrons. The highest BCUT2D eigenvalue weighted by Gasteiger charge is 1.91. The summed E-state index contributed by atoms with van der Waals surface area (Å²) in [5.74, 6) is 0. The van der Waals surface area contributed by atoms with Crippen molar-refractivity contribution in [2.24, 2.45) is 5.73 Å². The van der Waals surface area contributed by atoms with Crippen molar-refractivity contribution in [3.63, 3.8) is 0 Å². The molecule has 0 bridgehead atoms. The Hall–Kier alpha value is -1.58. The molecule has 4 heteroatoms. The number of anilines is 1. The molecule has 3 N–H and O–H groups in total. The van der Waals surface area contributed by atoms with Crippen LogP contribution in [0.2, 0.25) is 0 Å². The Morgan fingerprint density at radius 1 is 1.60 bits per heavy atom. The Balaban J connectivity index is 0. The molecule has 1 rings (SSSR count). The predicted molar refractivity (Wildman–Crippen MR) is 41.7 cm³/mol. The van der Waals surface area contributed by atoms with Crippen molar-refractivity contribution in [2.75, 3.05) is 5.32 Å². The van der Waals surface area contributed by atoms with Crippen LogP contribution < -0.4 is 11.1 Å². The minimum atomic E-state index is -0.564. The molecule has 56 valence electrons. The smallest absolute Gasteiger partial charge is 0.316 e. The highest BCUT2D eigenvalue weighted by atomic mass is 16.2. The number of nitrogens with two attached hydrogens (primary N) is 1. The second kappa shape index (κ2) is 2.82. The van der Waals surface area contributed by atoms with Gasteiger partial charge < -0.3 is 11.1 Å². The standard InChI is InChI=1S/C6H7N3O.2H2/c7-6(10)9-5-1-3-8-4-2-5;;/h1-4H,(H3,7,8,9,10);2*1H. The number of primary amides is 1. The summed E-state index contributed by atoms with van der Waals surface area (Å²) in [4.78, 5) is 14.0. The van der Waals surface area contributed by atoms with Crippen LogP contribution in [0.25, 0.3) is 0 Å². The third kappa shape index (κ3) is 1.74. The molecular formula is C6H11N3O. The van der Waals surface area contributed by atoms with E-state index in [4.69, 9.17) is 5.73 Å². The number of rotatable bonds is 1. The van der Waals surface area contributed by atoms with E-state index in [9.17, 15) is 4.79 Å². The molecular weight excluding hydrogens is 130 g/mol. The first-order valence-electron chi connectivity index (χ1n) is 2.75. The normalized spacial score (nSPS) is 8.80. The zero-order valence-electron chi connectivity index (χ0n) is 5.24. The largest absolute Gasteiger partial charge is 0.351 e. The maximum atomic E-state index is 10.3. The molecule has 0 aliphatic rings. The van der Waals surface area contributed by atoms with E-state index >= 15 is 0 Å². The Bertz CT molecular complexity index is 229. The lowest BCUT2D eigenvalue weighted by Gasteiger charge is -1.97. The fourth-order valence-corrected chi connectivity index (χ4v) is 0.578. The molecule has 1 heterocycles. The lowest BCUT2D eigenvalue weighted by molar-refractivity contribution is 0.259. The Morgan fingerprint density at radius 3 is 2.70 bits per heavy atom. The van der Waals surface area contributed by atoms with Gasteiger partial charge in [0.1, 0.15) is 0 Å². The molecule has 0 spiro atoms. The van der Waals surface area contributed by atoms with E-state index in [-0.39, 0.29) is 2.85 Å². The van der Waals surface area contributed by atoms with Crippen LogP contribution in [0.15, 0.2) is 24.5 Å². The maximum absolute atomic E-state index is 10.3. The number of pyridine rings is 1. The van der Waals surface area contributed by atoms with Gasteiger partial charge in [-0.15, -0.1) is 0 Å². The van der Waals surface area contributed by atoms with Crippen LogP contribution in [0.3, 0.4) is 0 Å². The first kappa shape index (κ1) is 6.54. The lowest BCUT2D eigenvalue weighted by atomic mass is 10.4. The maximum Gasteiger partial charge on any atom is 0.316 e. The molecule has 1 aromatic heterocycles. The number of hydrogen-bond acceptors (Lipinski definition) is 2. The number of nitrogens with zero attached hydrogens (tertiary/aromatic N) is 1. The molecule has 0 fully saturated rings. The number of carbonyl (C=O) groups is 1. The average molecular weight is 141 g/mol. The predicted octanol–water partition coefficient (Wildman–Crippen LogP) is 1.06. The number of nitrogens with one attached hydrogen (secondary N) is 1. The summed E-state index contributed by atoms with van der Waals surface area (Å²) in [7, 11) is 0. The highest BCUT2D eigenvalue weighted by Crippen LogP contribution is 2.00. The van der Waals surface area contributed by atoms with Crippen LogP contribution in [0.1, 0.15) is 2.85 Å². The van der Waals surface area contributed by atoms with Crippen molar-refractivity contribution < 1.29 is 7.65 Å². The van der Waals surface area contributed by atoms with E-state index in [2.05, 4.69) is 10.3 Å². The van der Waals surface area contributed by atoms with Crippen LogP contribution in [-0.2, 0) is 0 Å². The summed E-state index contributed by atoms with van der Waals surface area (Å²) in [6.45, 7) is 0. The highest BCUT2D eigenvalue weighted by molar-refractivity contribution is 5.87. The van der Waals surface area contributed by atoms with Gasteiger partial charge in [-0.3, -0.25) is 4.98 Å². The molecule has 0 aromatic carbocycles. The number of urea groups is 1. The summed E-state index contributed by atoms with van der Waals surface area (Å²) in [6, 6.07) is 2.75. The zero-order chi connectivity index (χ0) is 7.40. The van der Waals surface area contributed by atoms with Crippen molar-refractivity contribution in [1.29, 1.82) is 0 Å². The SMILES string of the molecule is NC(=O)Nc1ccncc1.[HH].[HH]. The number of hydrogen-bond donors (Lipinski definition) is 2.